The van der Waals surface area contributed by atoms with Gasteiger partial charge in [0, 0.05) is 24.2 Å². The van der Waals surface area contributed by atoms with Crippen molar-refractivity contribution < 1.29 is 0 Å². The topological polar surface area (TPSA) is 79.7 Å². The second kappa shape index (κ2) is 10.3. The van der Waals surface area contributed by atoms with E-state index in [0.29, 0.717) is 19.1 Å². The Labute approximate surface area is 212 Å². The first-order valence-electron chi connectivity index (χ1n) is 13.1. The number of rotatable bonds is 8. The quantitative estimate of drug-likeness (QED) is 0.350. The number of aromatic nitrogens is 5. The number of nitrogens with one attached hydrogen (secondary N) is 1. The van der Waals surface area contributed by atoms with Gasteiger partial charge in [0.1, 0.15) is 0 Å². The number of aryl methyl sites for hydroxylation is 2. The van der Waals surface area contributed by atoms with Gasteiger partial charge in [0.25, 0.3) is 5.56 Å². The fraction of sp³-hybridized carbons (Fsp3) is 0.448. The molecule has 7 nitrogen and oxygen atoms in total. The number of nitrogens with zero attached hydrogens (tertiary/aromatic N) is 5. The summed E-state index contributed by atoms with van der Waals surface area (Å²) in [5.41, 5.74) is 5.19. The van der Waals surface area contributed by atoms with Crippen molar-refractivity contribution in [3.8, 4) is 0 Å². The molecule has 5 rings (SSSR count). The van der Waals surface area contributed by atoms with E-state index in [-0.39, 0.29) is 17.5 Å². The van der Waals surface area contributed by atoms with Gasteiger partial charge in [0.15, 0.2) is 5.82 Å². The number of hydrogen-bond donors (Lipinski definition) is 1. The van der Waals surface area contributed by atoms with E-state index in [0.717, 1.165) is 35.1 Å². The van der Waals surface area contributed by atoms with Gasteiger partial charge in [-0.05, 0) is 72.2 Å². The summed E-state index contributed by atoms with van der Waals surface area (Å²) in [7, 11) is 0. The summed E-state index contributed by atoms with van der Waals surface area (Å²) in [6, 6.07) is 17.1. The third-order valence-electron chi connectivity index (χ3n) is 7.43. The van der Waals surface area contributed by atoms with Crippen LogP contribution in [-0.2, 0) is 13.1 Å². The molecule has 1 fully saturated rings. The van der Waals surface area contributed by atoms with Gasteiger partial charge in [-0.3, -0.25) is 9.69 Å². The predicted octanol–water partition coefficient (Wildman–Crippen LogP) is 5.65. The summed E-state index contributed by atoms with van der Waals surface area (Å²) in [6.07, 6.45) is 4.67. The standard InChI is InChI=1S/C29H36N6O/c1-19(2)27(28-31-32-33-35(28)25-7-5-6-8-25)34(17-22-12-9-20(3)10-13-22)18-24-16-23-15-21(4)11-14-26(23)30-29(24)36/h9-16,19,25,27H,5-8,17-18H2,1-4H3,(H,30,36). The molecule has 36 heavy (non-hydrogen) atoms. The average molecular weight is 485 g/mol. The van der Waals surface area contributed by atoms with Crippen molar-refractivity contribution in [3.05, 3.63) is 87.0 Å². The van der Waals surface area contributed by atoms with E-state index in [2.05, 4.69) is 88.1 Å². The first-order chi connectivity index (χ1) is 17.4. The molecule has 1 atom stereocenters. The number of H-pyrrole nitrogens is 1. The third-order valence-corrected chi connectivity index (χ3v) is 7.43. The van der Waals surface area contributed by atoms with Gasteiger partial charge in [-0.2, -0.15) is 0 Å². The Morgan fingerprint density at radius 2 is 1.72 bits per heavy atom. The Bertz CT molecular complexity index is 1380. The maximum absolute atomic E-state index is 13.2. The minimum Gasteiger partial charge on any atom is -0.322 e. The summed E-state index contributed by atoms with van der Waals surface area (Å²) in [4.78, 5) is 18.6. The zero-order valence-electron chi connectivity index (χ0n) is 21.7. The molecule has 4 aromatic rings. The lowest BCUT2D eigenvalue weighted by atomic mass is 9.99. The number of hydrogen-bond acceptors (Lipinski definition) is 5. The molecule has 1 aliphatic rings. The van der Waals surface area contributed by atoms with Crippen molar-refractivity contribution >= 4 is 10.9 Å². The lowest BCUT2D eigenvalue weighted by molar-refractivity contribution is 0.123. The van der Waals surface area contributed by atoms with E-state index in [4.69, 9.17) is 0 Å². The number of fused-ring (bicyclic) bond motifs is 1. The first kappa shape index (κ1) is 24.4. The van der Waals surface area contributed by atoms with Gasteiger partial charge in [0.05, 0.1) is 12.1 Å². The van der Waals surface area contributed by atoms with Crippen LogP contribution in [0.2, 0.25) is 0 Å². The summed E-state index contributed by atoms with van der Waals surface area (Å²) in [5.74, 6) is 1.15. The fourth-order valence-corrected chi connectivity index (χ4v) is 5.58. The molecule has 0 spiro atoms. The number of pyridine rings is 1. The van der Waals surface area contributed by atoms with E-state index in [9.17, 15) is 4.79 Å². The van der Waals surface area contributed by atoms with Gasteiger partial charge in [-0.25, -0.2) is 4.68 Å². The Kier molecular flexibility index (Phi) is 7.01. The Morgan fingerprint density at radius 1 is 1.00 bits per heavy atom. The van der Waals surface area contributed by atoms with Gasteiger partial charge >= 0.3 is 0 Å². The summed E-state index contributed by atoms with van der Waals surface area (Å²) >= 11 is 0. The van der Waals surface area contributed by atoms with Crippen molar-refractivity contribution in [1.29, 1.82) is 0 Å². The molecular weight excluding hydrogens is 448 g/mol. The highest BCUT2D eigenvalue weighted by atomic mass is 16.1. The summed E-state index contributed by atoms with van der Waals surface area (Å²) < 4.78 is 2.06. The van der Waals surface area contributed by atoms with Crippen LogP contribution in [0.5, 0.6) is 0 Å². The van der Waals surface area contributed by atoms with Gasteiger partial charge < -0.3 is 4.98 Å². The monoisotopic (exact) mass is 484 g/mol. The SMILES string of the molecule is Cc1ccc(CN(Cc2cc3cc(C)ccc3[nH]c2=O)C(c2nnnn2C2CCCC2)C(C)C)cc1. The minimum atomic E-state index is -0.0434. The largest absolute Gasteiger partial charge is 0.322 e. The number of aromatic amines is 1. The Hall–Kier alpha value is -3.32. The molecule has 0 amide bonds. The van der Waals surface area contributed by atoms with E-state index < -0.39 is 0 Å². The first-order valence-corrected chi connectivity index (χ1v) is 13.1. The van der Waals surface area contributed by atoms with Crippen LogP contribution in [0, 0.1) is 19.8 Å². The van der Waals surface area contributed by atoms with Crippen LogP contribution >= 0.6 is 0 Å². The molecule has 0 saturated heterocycles. The van der Waals surface area contributed by atoms with Gasteiger partial charge in [-0.1, -0.05) is 68.1 Å². The number of benzene rings is 2. The summed E-state index contributed by atoms with van der Waals surface area (Å²) in [6.45, 7) is 9.82. The highest BCUT2D eigenvalue weighted by Gasteiger charge is 2.32. The maximum atomic E-state index is 13.2. The van der Waals surface area contributed by atoms with Gasteiger partial charge in [-0.15, -0.1) is 5.10 Å². The molecule has 2 aromatic carbocycles. The van der Waals surface area contributed by atoms with E-state index in [1.807, 2.05) is 18.2 Å². The van der Waals surface area contributed by atoms with Crippen LogP contribution in [0.15, 0.2) is 53.3 Å². The maximum Gasteiger partial charge on any atom is 0.252 e. The van der Waals surface area contributed by atoms with Crippen LogP contribution in [0.4, 0.5) is 0 Å². The second-order valence-electron chi connectivity index (χ2n) is 10.7. The summed E-state index contributed by atoms with van der Waals surface area (Å²) in [5, 5.41) is 14.2. The Morgan fingerprint density at radius 3 is 2.44 bits per heavy atom. The number of tetrazole rings is 1. The van der Waals surface area contributed by atoms with E-state index in [1.54, 1.807) is 0 Å². The minimum absolute atomic E-state index is 0.0329. The van der Waals surface area contributed by atoms with Crippen molar-refractivity contribution in [1.82, 2.24) is 30.1 Å². The van der Waals surface area contributed by atoms with Crippen molar-refractivity contribution in [2.75, 3.05) is 0 Å². The molecule has 2 heterocycles. The second-order valence-corrected chi connectivity index (χ2v) is 10.7. The highest BCUT2D eigenvalue weighted by Crippen LogP contribution is 2.35. The molecule has 7 heteroatoms. The molecule has 2 aromatic heterocycles. The smallest absolute Gasteiger partial charge is 0.252 e. The lowest BCUT2D eigenvalue weighted by Crippen LogP contribution is -2.35. The third kappa shape index (κ3) is 5.12. The van der Waals surface area contributed by atoms with E-state index in [1.165, 1.54) is 29.5 Å². The van der Waals surface area contributed by atoms with Crippen LogP contribution < -0.4 is 5.56 Å². The molecular formula is C29H36N6O. The van der Waals surface area contributed by atoms with Crippen LogP contribution in [-0.4, -0.2) is 30.1 Å². The van der Waals surface area contributed by atoms with Crippen molar-refractivity contribution in [3.63, 3.8) is 0 Å². The Balaban J connectivity index is 1.56. The molecule has 1 aliphatic carbocycles. The fourth-order valence-electron chi connectivity index (χ4n) is 5.58. The normalized spacial score (nSPS) is 15.4. The molecule has 0 bridgehead atoms. The highest BCUT2D eigenvalue weighted by molar-refractivity contribution is 5.79. The average Bonchev–Trinajstić information content (AvgIpc) is 3.53. The zero-order chi connectivity index (χ0) is 25.2. The van der Waals surface area contributed by atoms with Crippen molar-refractivity contribution in [2.45, 2.75) is 78.6 Å². The molecule has 0 aliphatic heterocycles. The van der Waals surface area contributed by atoms with Crippen molar-refractivity contribution in [2.24, 2.45) is 5.92 Å². The molecule has 1 unspecified atom stereocenters. The lowest BCUT2D eigenvalue weighted by Gasteiger charge is -2.34. The van der Waals surface area contributed by atoms with Crippen LogP contribution in [0.3, 0.4) is 0 Å². The molecule has 0 radical (unpaired) electrons. The zero-order valence-corrected chi connectivity index (χ0v) is 21.7. The van der Waals surface area contributed by atoms with Gasteiger partial charge in [0.2, 0.25) is 0 Å². The van der Waals surface area contributed by atoms with Crippen LogP contribution in [0.1, 0.15) is 79.7 Å². The molecule has 188 valence electrons. The molecule has 1 saturated carbocycles. The predicted molar refractivity (Wildman–Crippen MR) is 143 cm³/mol. The van der Waals surface area contributed by atoms with Crippen LogP contribution in [0.25, 0.3) is 10.9 Å². The van der Waals surface area contributed by atoms with E-state index >= 15 is 0 Å². The molecule has 1 N–H and O–H groups in total.